The maximum absolute atomic E-state index is 11.1. The van der Waals surface area contributed by atoms with Crippen molar-refractivity contribution >= 4 is 5.97 Å². The zero-order valence-electron chi connectivity index (χ0n) is 8.44. The van der Waals surface area contributed by atoms with Crippen LogP contribution in [0.25, 0.3) is 0 Å². The van der Waals surface area contributed by atoms with Gasteiger partial charge in [0.25, 0.3) is 0 Å². The van der Waals surface area contributed by atoms with E-state index in [-0.39, 0.29) is 12.1 Å². The van der Waals surface area contributed by atoms with E-state index >= 15 is 0 Å². The molecule has 1 unspecified atom stereocenters. The highest BCUT2D eigenvalue weighted by Gasteiger charge is 2.07. The zero-order valence-corrected chi connectivity index (χ0v) is 8.44. The van der Waals surface area contributed by atoms with Gasteiger partial charge in [-0.2, -0.15) is 0 Å². The van der Waals surface area contributed by atoms with E-state index < -0.39 is 0 Å². The van der Waals surface area contributed by atoms with Crippen molar-refractivity contribution in [1.82, 2.24) is 0 Å². The topological polar surface area (TPSA) is 26.3 Å². The van der Waals surface area contributed by atoms with E-state index in [2.05, 4.69) is 0 Å². The van der Waals surface area contributed by atoms with Gasteiger partial charge >= 0.3 is 5.97 Å². The molecule has 1 atom stereocenters. The number of ether oxygens (including phenoxy) is 1. The van der Waals surface area contributed by atoms with Crippen molar-refractivity contribution in [3.8, 4) is 0 Å². The molecule has 0 radical (unpaired) electrons. The maximum Gasteiger partial charge on any atom is 0.331 e. The van der Waals surface area contributed by atoms with Gasteiger partial charge in [-0.1, -0.05) is 36.4 Å². The minimum atomic E-state index is -0.302. The molecule has 0 saturated heterocycles. The van der Waals surface area contributed by atoms with E-state index in [1.807, 2.05) is 37.3 Å². The molecule has 0 heterocycles. The zero-order chi connectivity index (χ0) is 10.4. The number of allylic oxidation sites excluding steroid dienone is 1. The van der Waals surface area contributed by atoms with Gasteiger partial charge in [-0.15, -0.1) is 0 Å². The molecule has 74 valence electrons. The Morgan fingerprint density at radius 3 is 2.57 bits per heavy atom. The van der Waals surface area contributed by atoms with Crippen LogP contribution in [0.2, 0.25) is 0 Å². The third kappa shape index (κ3) is 3.05. The van der Waals surface area contributed by atoms with Crippen LogP contribution < -0.4 is 0 Å². The van der Waals surface area contributed by atoms with Crippen LogP contribution in [0.4, 0.5) is 0 Å². The van der Waals surface area contributed by atoms with E-state index in [0.29, 0.717) is 0 Å². The molecule has 2 heteroatoms. The first-order valence-corrected chi connectivity index (χ1v) is 4.62. The Hall–Kier alpha value is -1.57. The van der Waals surface area contributed by atoms with Crippen LogP contribution in [0.5, 0.6) is 0 Å². The first kappa shape index (κ1) is 10.5. The van der Waals surface area contributed by atoms with Gasteiger partial charge in [-0.3, -0.25) is 0 Å². The number of rotatable bonds is 3. The number of carbonyl (C=O) groups excluding carboxylic acids is 1. The molecule has 0 bridgehead atoms. The Labute approximate surface area is 84.2 Å². The fraction of sp³-hybridized carbons (Fsp3) is 0.250. The van der Waals surface area contributed by atoms with Gasteiger partial charge in [0.15, 0.2) is 0 Å². The Morgan fingerprint density at radius 2 is 2.00 bits per heavy atom. The molecule has 0 spiro atoms. The largest absolute Gasteiger partial charge is 0.455 e. The van der Waals surface area contributed by atoms with Crippen LogP contribution in [0.3, 0.4) is 0 Å². The third-order valence-electron chi connectivity index (χ3n) is 1.86. The molecule has 0 aliphatic heterocycles. The molecule has 0 fully saturated rings. The van der Waals surface area contributed by atoms with Crippen molar-refractivity contribution in [2.45, 2.75) is 20.0 Å². The molecule has 1 aromatic rings. The number of hydrogen-bond donors (Lipinski definition) is 0. The van der Waals surface area contributed by atoms with Crippen molar-refractivity contribution < 1.29 is 9.53 Å². The second kappa shape index (κ2) is 5.22. The summed E-state index contributed by atoms with van der Waals surface area (Å²) >= 11 is 0. The molecule has 0 aliphatic rings. The second-order valence-corrected chi connectivity index (χ2v) is 2.99. The lowest BCUT2D eigenvalue weighted by molar-refractivity contribution is -0.142. The molecule has 0 saturated carbocycles. The predicted molar refractivity (Wildman–Crippen MR) is 55.8 cm³/mol. The van der Waals surface area contributed by atoms with Gasteiger partial charge in [0.2, 0.25) is 0 Å². The first-order valence-electron chi connectivity index (χ1n) is 4.62. The van der Waals surface area contributed by atoms with Gasteiger partial charge in [0.05, 0.1) is 0 Å². The summed E-state index contributed by atoms with van der Waals surface area (Å²) in [6.07, 6.45) is 2.89. The molecule has 0 N–H and O–H groups in total. The number of esters is 1. The first-order chi connectivity index (χ1) is 6.74. The van der Waals surface area contributed by atoms with E-state index in [1.165, 1.54) is 6.08 Å². The molecule has 1 aromatic carbocycles. The van der Waals surface area contributed by atoms with Crippen molar-refractivity contribution in [2.75, 3.05) is 0 Å². The highest BCUT2D eigenvalue weighted by Crippen LogP contribution is 2.15. The summed E-state index contributed by atoms with van der Waals surface area (Å²) < 4.78 is 5.15. The summed E-state index contributed by atoms with van der Waals surface area (Å²) in [7, 11) is 0. The molecule has 14 heavy (non-hydrogen) atoms. The summed E-state index contributed by atoms with van der Waals surface area (Å²) in [6, 6.07) is 9.66. The quantitative estimate of drug-likeness (QED) is 0.541. The van der Waals surface area contributed by atoms with E-state index in [4.69, 9.17) is 4.74 Å². The van der Waals surface area contributed by atoms with Crippen molar-refractivity contribution in [3.05, 3.63) is 48.0 Å². The van der Waals surface area contributed by atoms with Gasteiger partial charge in [-0.25, -0.2) is 4.79 Å². The Bertz CT molecular complexity index is 314. The highest BCUT2D eigenvalue weighted by atomic mass is 16.5. The summed E-state index contributed by atoms with van der Waals surface area (Å²) in [5, 5.41) is 0. The lowest BCUT2D eigenvalue weighted by Gasteiger charge is -2.11. The Kier molecular flexibility index (Phi) is 3.92. The fourth-order valence-corrected chi connectivity index (χ4v) is 1.14. The molecular formula is C12H14O2. The maximum atomic E-state index is 11.1. The molecule has 2 nitrogen and oxygen atoms in total. The minimum Gasteiger partial charge on any atom is -0.455 e. The molecule has 1 rings (SSSR count). The van der Waals surface area contributed by atoms with Crippen LogP contribution in [-0.2, 0) is 9.53 Å². The lowest BCUT2D eigenvalue weighted by atomic mass is 10.1. The van der Waals surface area contributed by atoms with Gasteiger partial charge in [-0.05, 0) is 19.4 Å². The number of benzene rings is 1. The molecular weight excluding hydrogens is 176 g/mol. The fourth-order valence-electron chi connectivity index (χ4n) is 1.14. The van der Waals surface area contributed by atoms with Gasteiger partial charge in [0, 0.05) is 6.08 Å². The molecule has 0 aromatic heterocycles. The third-order valence-corrected chi connectivity index (χ3v) is 1.86. The van der Waals surface area contributed by atoms with Crippen molar-refractivity contribution in [1.29, 1.82) is 0 Å². The standard InChI is InChI=1S/C12H14O2/c1-3-7-12(13)14-10(2)11-8-5-4-6-9-11/h3-10H,1-2H3/b7-3+. The van der Waals surface area contributed by atoms with Crippen LogP contribution in [-0.4, -0.2) is 5.97 Å². The van der Waals surface area contributed by atoms with Crippen LogP contribution >= 0.6 is 0 Å². The van der Waals surface area contributed by atoms with Crippen LogP contribution in [0, 0.1) is 0 Å². The molecule has 0 amide bonds. The average Bonchev–Trinajstić information content (AvgIpc) is 2.19. The van der Waals surface area contributed by atoms with E-state index in [9.17, 15) is 4.79 Å². The summed E-state index contributed by atoms with van der Waals surface area (Å²) in [5.41, 5.74) is 1.00. The minimum absolute atomic E-state index is 0.195. The van der Waals surface area contributed by atoms with E-state index in [0.717, 1.165) is 5.56 Å². The average molecular weight is 190 g/mol. The monoisotopic (exact) mass is 190 g/mol. The second-order valence-electron chi connectivity index (χ2n) is 2.99. The van der Waals surface area contributed by atoms with Crippen LogP contribution in [0.1, 0.15) is 25.5 Å². The van der Waals surface area contributed by atoms with Gasteiger partial charge in [0.1, 0.15) is 6.10 Å². The highest BCUT2D eigenvalue weighted by molar-refractivity contribution is 5.81. The van der Waals surface area contributed by atoms with Gasteiger partial charge < -0.3 is 4.74 Å². The van der Waals surface area contributed by atoms with Crippen molar-refractivity contribution in [2.24, 2.45) is 0 Å². The predicted octanol–water partition coefficient (Wildman–Crippen LogP) is 2.87. The summed E-state index contributed by atoms with van der Waals surface area (Å²) in [6.45, 7) is 3.64. The smallest absolute Gasteiger partial charge is 0.331 e. The van der Waals surface area contributed by atoms with E-state index in [1.54, 1.807) is 13.0 Å². The Balaban J connectivity index is 2.59. The normalized spacial score (nSPS) is 12.7. The summed E-state index contributed by atoms with van der Waals surface area (Å²) in [4.78, 5) is 11.1. The SMILES string of the molecule is C/C=C/C(=O)OC(C)c1ccccc1. The Morgan fingerprint density at radius 1 is 1.36 bits per heavy atom. The lowest BCUT2D eigenvalue weighted by Crippen LogP contribution is -2.05. The molecule has 0 aliphatic carbocycles. The number of hydrogen-bond acceptors (Lipinski definition) is 2. The van der Waals surface area contributed by atoms with Crippen molar-refractivity contribution in [3.63, 3.8) is 0 Å². The summed E-state index contributed by atoms with van der Waals surface area (Å²) in [5.74, 6) is -0.302. The number of carbonyl (C=O) groups is 1. The van der Waals surface area contributed by atoms with Crippen LogP contribution in [0.15, 0.2) is 42.5 Å².